The second-order valence-electron chi connectivity index (χ2n) is 10.3. The van der Waals surface area contributed by atoms with Crippen molar-refractivity contribution in [2.24, 2.45) is 11.8 Å². The number of aliphatic carboxylic acids is 1. The van der Waals surface area contributed by atoms with Gasteiger partial charge in [-0.25, -0.2) is 4.79 Å². The number of benzene rings is 1. The summed E-state index contributed by atoms with van der Waals surface area (Å²) in [5.74, 6) is -3.76. The van der Waals surface area contributed by atoms with Crippen molar-refractivity contribution in [2.45, 2.75) is 57.5 Å². The van der Waals surface area contributed by atoms with Crippen LogP contribution in [0.4, 0.5) is 5.69 Å². The minimum Gasteiger partial charge on any atom is -0.479 e. The first kappa shape index (κ1) is 25.8. The number of amides is 1. The Morgan fingerprint density at radius 3 is 2.42 bits per heavy atom. The van der Waals surface area contributed by atoms with Gasteiger partial charge in [-0.05, 0) is 68.3 Å². The van der Waals surface area contributed by atoms with Crippen LogP contribution < -0.4 is 0 Å². The van der Waals surface area contributed by atoms with Gasteiger partial charge in [0.25, 0.3) is 5.69 Å². The zero-order valence-corrected chi connectivity index (χ0v) is 22.1. The Balaban J connectivity index is 1.81. The summed E-state index contributed by atoms with van der Waals surface area (Å²) in [4.78, 5) is 54.7. The predicted octanol–water partition coefficient (Wildman–Crippen LogP) is 5.68. The van der Waals surface area contributed by atoms with E-state index in [-0.39, 0.29) is 23.3 Å². The molecule has 0 spiro atoms. The number of thiophene rings is 1. The number of rotatable bonds is 7. The van der Waals surface area contributed by atoms with E-state index in [1.165, 1.54) is 41.4 Å². The summed E-state index contributed by atoms with van der Waals surface area (Å²) < 4.78 is 5.70. The monoisotopic (exact) mass is 536 g/mol. The fourth-order valence-electron chi connectivity index (χ4n) is 5.91. The van der Waals surface area contributed by atoms with E-state index >= 15 is 0 Å². The van der Waals surface area contributed by atoms with Crippen LogP contribution in [0.2, 0.25) is 0 Å². The van der Waals surface area contributed by atoms with Gasteiger partial charge in [-0.15, -0.1) is 11.3 Å². The van der Waals surface area contributed by atoms with Crippen molar-refractivity contribution in [1.82, 2.24) is 4.90 Å². The lowest BCUT2D eigenvalue weighted by atomic mass is 9.74. The maximum absolute atomic E-state index is 14.3. The molecule has 2 fully saturated rings. The third-order valence-electron chi connectivity index (χ3n) is 8.10. The number of carbonyl (C=O) groups excluding carboxylic acids is 2. The molecule has 2 aliphatic rings. The van der Waals surface area contributed by atoms with Crippen LogP contribution in [0, 0.1) is 35.8 Å². The van der Waals surface area contributed by atoms with E-state index in [1.54, 1.807) is 25.1 Å². The molecule has 1 N–H and O–H groups in total. The molecule has 198 valence electrons. The van der Waals surface area contributed by atoms with Gasteiger partial charge in [-0.3, -0.25) is 19.7 Å². The van der Waals surface area contributed by atoms with Crippen molar-refractivity contribution < 1.29 is 28.8 Å². The Kier molecular flexibility index (Phi) is 6.46. The number of hydrogen-bond acceptors (Lipinski definition) is 7. The number of nitrogens with zero attached hydrogens (tertiary/aromatic N) is 2. The van der Waals surface area contributed by atoms with E-state index < -0.39 is 40.1 Å². The highest BCUT2D eigenvalue weighted by molar-refractivity contribution is 7.10. The number of carbonyl (C=O) groups is 3. The van der Waals surface area contributed by atoms with Gasteiger partial charge >= 0.3 is 5.97 Å². The number of aryl methyl sites for hydroxylation is 2. The van der Waals surface area contributed by atoms with Gasteiger partial charge in [-0.1, -0.05) is 18.6 Å². The SMILES string of the molecule is Cc1ccc(C(=O)C2C(c3cccc([N+](=O)[O-])c3)N(C(=O)C3CCC3)C(C)(C(=O)O)C2c2sccc2C)o1. The third-order valence-corrected chi connectivity index (χ3v) is 9.20. The number of carboxylic acids is 1. The summed E-state index contributed by atoms with van der Waals surface area (Å²) in [7, 11) is 0. The standard InChI is InChI=1S/C28H28N2O7S/c1-15-12-13-38-25(15)22-21(24(31)20-11-10-16(2)37-20)23(18-8-5-9-19(14-18)30(35)36)29(28(22,3)27(33)34)26(32)17-6-4-7-17/h5,8-14,17,21-23H,4,6-7H2,1-3H3,(H,33,34). The number of hydrogen-bond donors (Lipinski definition) is 1. The summed E-state index contributed by atoms with van der Waals surface area (Å²) in [5.41, 5.74) is -0.833. The molecule has 0 bridgehead atoms. The van der Waals surface area contributed by atoms with E-state index in [2.05, 4.69) is 0 Å². The Bertz CT molecular complexity index is 1440. The lowest BCUT2D eigenvalue weighted by Crippen LogP contribution is -2.56. The van der Waals surface area contributed by atoms with E-state index in [9.17, 15) is 29.6 Å². The number of furan rings is 1. The summed E-state index contributed by atoms with van der Waals surface area (Å²) in [5, 5.41) is 24.3. The predicted molar refractivity (Wildman–Crippen MR) is 139 cm³/mol. The molecule has 38 heavy (non-hydrogen) atoms. The molecule has 1 aromatic carbocycles. The van der Waals surface area contributed by atoms with Crippen molar-refractivity contribution in [3.8, 4) is 0 Å². The largest absolute Gasteiger partial charge is 0.479 e. The first-order valence-corrected chi connectivity index (χ1v) is 13.4. The van der Waals surface area contributed by atoms with Crippen LogP contribution in [-0.4, -0.2) is 38.1 Å². The highest BCUT2D eigenvalue weighted by Crippen LogP contribution is 2.59. The van der Waals surface area contributed by atoms with Gasteiger partial charge in [0, 0.05) is 28.8 Å². The van der Waals surface area contributed by atoms with Gasteiger partial charge in [0.05, 0.1) is 16.9 Å². The van der Waals surface area contributed by atoms with Crippen molar-refractivity contribution >= 4 is 34.7 Å². The van der Waals surface area contributed by atoms with Crippen LogP contribution in [0.1, 0.15) is 70.5 Å². The molecule has 1 saturated carbocycles. The lowest BCUT2D eigenvalue weighted by Gasteiger charge is -2.41. The number of Topliss-reactive ketones (excluding diaryl/α,β-unsaturated/α-hetero) is 1. The third kappa shape index (κ3) is 3.94. The first-order valence-electron chi connectivity index (χ1n) is 12.5. The quantitative estimate of drug-likeness (QED) is 0.234. The van der Waals surface area contributed by atoms with Crippen LogP contribution in [-0.2, 0) is 9.59 Å². The van der Waals surface area contributed by atoms with Gasteiger partial charge in [-0.2, -0.15) is 0 Å². The Labute approximate surface area is 223 Å². The summed E-state index contributed by atoms with van der Waals surface area (Å²) in [6.07, 6.45) is 2.12. The minimum atomic E-state index is -1.79. The number of ketones is 1. The number of non-ortho nitro benzene ring substituents is 1. The number of nitro groups is 1. The van der Waals surface area contributed by atoms with Crippen molar-refractivity contribution in [1.29, 1.82) is 0 Å². The highest BCUT2D eigenvalue weighted by Gasteiger charge is 2.66. The Morgan fingerprint density at radius 2 is 1.89 bits per heavy atom. The molecule has 4 unspecified atom stereocenters. The molecule has 1 saturated heterocycles. The van der Waals surface area contributed by atoms with Crippen LogP contribution in [0.3, 0.4) is 0 Å². The molecule has 1 aliphatic carbocycles. The lowest BCUT2D eigenvalue weighted by molar-refractivity contribution is -0.385. The second kappa shape index (κ2) is 9.50. The van der Waals surface area contributed by atoms with E-state index in [4.69, 9.17) is 4.42 Å². The zero-order valence-electron chi connectivity index (χ0n) is 21.2. The average Bonchev–Trinajstić information content (AvgIpc) is 3.53. The molecular weight excluding hydrogens is 508 g/mol. The van der Waals surface area contributed by atoms with Gasteiger partial charge < -0.3 is 14.4 Å². The van der Waals surface area contributed by atoms with Crippen molar-refractivity contribution in [3.63, 3.8) is 0 Å². The van der Waals surface area contributed by atoms with Crippen LogP contribution in [0.25, 0.3) is 0 Å². The summed E-state index contributed by atoms with van der Waals surface area (Å²) in [6, 6.07) is 9.82. The number of carboxylic acid groups (broad SMARTS) is 1. The van der Waals surface area contributed by atoms with Gasteiger partial charge in [0.15, 0.2) is 5.76 Å². The molecule has 9 nitrogen and oxygen atoms in total. The molecule has 0 radical (unpaired) electrons. The molecule has 1 aliphatic heterocycles. The van der Waals surface area contributed by atoms with Crippen molar-refractivity contribution in [3.05, 3.63) is 85.5 Å². The Hall–Kier alpha value is -3.79. The van der Waals surface area contributed by atoms with Gasteiger partial charge in [0.2, 0.25) is 11.7 Å². The number of likely N-dealkylation sites (tertiary alicyclic amines) is 1. The molecule has 2 aromatic heterocycles. The van der Waals surface area contributed by atoms with Crippen LogP contribution >= 0.6 is 11.3 Å². The van der Waals surface area contributed by atoms with Crippen LogP contribution in [0.5, 0.6) is 0 Å². The average molecular weight is 537 g/mol. The smallest absolute Gasteiger partial charge is 0.330 e. The Morgan fingerprint density at radius 1 is 1.16 bits per heavy atom. The second-order valence-corrected chi connectivity index (χ2v) is 11.3. The van der Waals surface area contributed by atoms with E-state index in [1.807, 2.05) is 18.4 Å². The maximum atomic E-state index is 14.3. The highest BCUT2D eigenvalue weighted by atomic mass is 32.1. The molecule has 3 heterocycles. The molecule has 10 heteroatoms. The van der Waals surface area contributed by atoms with Crippen molar-refractivity contribution in [2.75, 3.05) is 0 Å². The first-order chi connectivity index (χ1) is 18.1. The minimum absolute atomic E-state index is 0.0628. The van der Waals surface area contributed by atoms with Crippen LogP contribution in [0.15, 0.2) is 52.3 Å². The molecule has 5 rings (SSSR count). The topological polar surface area (TPSA) is 131 Å². The maximum Gasteiger partial charge on any atom is 0.330 e. The summed E-state index contributed by atoms with van der Waals surface area (Å²) in [6.45, 7) is 5.06. The van der Waals surface area contributed by atoms with E-state index in [0.29, 0.717) is 29.0 Å². The van der Waals surface area contributed by atoms with E-state index in [0.717, 1.165) is 12.0 Å². The number of nitro benzene ring substituents is 1. The fraction of sp³-hybridized carbons (Fsp3) is 0.393. The molecular formula is C28H28N2O7S. The normalized spacial score (nSPS) is 25.2. The molecule has 1 amide bonds. The zero-order chi connectivity index (χ0) is 27.4. The van der Waals surface area contributed by atoms with Gasteiger partial charge in [0.1, 0.15) is 11.3 Å². The fourth-order valence-corrected chi connectivity index (χ4v) is 7.11. The molecule has 4 atom stereocenters. The molecule has 3 aromatic rings. The summed E-state index contributed by atoms with van der Waals surface area (Å²) >= 11 is 1.34.